The van der Waals surface area contributed by atoms with Crippen LogP contribution in [0.4, 0.5) is 13.2 Å². The SMILES string of the molecule is CC(N)=C(C=NCC(F)(F)F)c1cc2c(-c3cc(=O)n(C)cc3Oc3c(C)cccc3C)cn(C)c(=O)c2[nH]1. The molecule has 0 unspecified atom stereocenters. The van der Waals surface area contributed by atoms with Crippen LogP contribution in [0, 0.1) is 13.8 Å². The van der Waals surface area contributed by atoms with Crippen molar-refractivity contribution in [2.75, 3.05) is 6.54 Å². The third-order valence-electron chi connectivity index (χ3n) is 6.27. The van der Waals surface area contributed by atoms with E-state index >= 15 is 0 Å². The van der Waals surface area contributed by atoms with Gasteiger partial charge < -0.3 is 24.6 Å². The molecular formula is C28H28F3N5O3. The van der Waals surface area contributed by atoms with Gasteiger partial charge in [0.2, 0.25) is 0 Å². The first-order valence-electron chi connectivity index (χ1n) is 12.0. The number of para-hydroxylation sites is 1. The van der Waals surface area contributed by atoms with Crippen LogP contribution in [-0.4, -0.2) is 33.1 Å². The molecule has 0 aliphatic rings. The summed E-state index contributed by atoms with van der Waals surface area (Å²) in [4.78, 5) is 32.3. The quantitative estimate of drug-likeness (QED) is 0.338. The molecular weight excluding hydrogens is 511 g/mol. The second-order valence-corrected chi connectivity index (χ2v) is 9.44. The van der Waals surface area contributed by atoms with Gasteiger partial charge in [0.1, 0.15) is 17.8 Å². The lowest BCUT2D eigenvalue weighted by Crippen LogP contribution is -2.18. The highest BCUT2D eigenvalue weighted by molar-refractivity contribution is 6.12. The Morgan fingerprint density at radius 3 is 2.36 bits per heavy atom. The minimum atomic E-state index is -4.47. The Labute approximate surface area is 221 Å². The van der Waals surface area contributed by atoms with Crippen LogP contribution >= 0.6 is 0 Å². The second kappa shape index (κ2) is 10.3. The molecule has 0 aliphatic carbocycles. The summed E-state index contributed by atoms with van der Waals surface area (Å²) < 4.78 is 47.1. The third kappa shape index (κ3) is 5.66. The number of alkyl halides is 3. The number of aromatic nitrogens is 3. The smallest absolute Gasteiger partial charge is 0.407 e. The maximum absolute atomic E-state index is 13.1. The number of rotatable bonds is 6. The molecule has 0 radical (unpaired) electrons. The minimum absolute atomic E-state index is 0.187. The van der Waals surface area contributed by atoms with E-state index in [4.69, 9.17) is 10.5 Å². The Morgan fingerprint density at radius 1 is 1.08 bits per heavy atom. The summed E-state index contributed by atoms with van der Waals surface area (Å²) in [6.45, 7) is 3.98. The number of allylic oxidation sites excluding steroid dienone is 2. The van der Waals surface area contributed by atoms with Gasteiger partial charge in [-0.05, 0) is 38.0 Å². The van der Waals surface area contributed by atoms with Crippen LogP contribution in [0.2, 0.25) is 0 Å². The van der Waals surface area contributed by atoms with E-state index in [1.807, 2.05) is 32.0 Å². The van der Waals surface area contributed by atoms with Gasteiger partial charge >= 0.3 is 6.18 Å². The third-order valence-corrected chi connectivity index (χ3v) is 6.27. The lowest BCUT2D eigenvalue weighted by molar-refractivity contribution is -0.118. The number of nitrogens with one attached hydrogen (secondary N) is 1. The van der Waals surface area contributed by atoms with Crippen LogP contribution in [0.15, 0.2) is 63.0 Å². The highest BCUT2D eigenvalue weighted by atomic mass is 19.4. The zero-order valence-corrected chi connectivity index (χ0v) is 22.1. The number of halogens is 3. The molecule has 39 heavy (non-hydrogen) atoms. The van der Waals surface area contributed by atoms with Crippen molar-refractivity contribution in [3.8, 4) is 22.6 Å². The van der Waals surface area contributed by atoms with E-state index in [1.54, 1.807) is 32.6 Å². The first-order chi connectivity index (χ1) is 18.3. The highest BCUT2D eigenvalue weighted by Gasteiger charge is 2.26. The van der Waals surface area contributed by atoms with Gasteiger partial charge in [-0.2, -0.15) is 13.2 Å². The molecule has 3 aromatic heterocycles. The number of aromatic amines is 1. The molecule has 4 aromatic rings. The predicted octanol–water partition coefficient (Wildman–Crippen LogP) is 4.96. The van der Waals surface area contributed by atoms with Gasteiger partial charge in [-0.3, -0.25) is 14.6 Å². The predicted molar refractivity (Wildman–Crippen MR) is 146 cm³/mol. The first-order valence-corrected chi connectivity index (χ1v) is 12.0. The molecule has 0 bridgehead atoms. The number of aliphatic imine (C=N–C) groups is 1. The fraction of sp³-hybridized carbons (Fsp3) is 0.250. The van der Waals surface area contributed by atoms with E-state index in [0.29, 0.717) is 33.7 Å². The first kappa shape index (κ1) is 27.5. The Hall–Kier alpha value is -4.54. The molecule has 3 N–H and O–H groups in total. The van der Waals surface area contributed by atoms with Crippen molar-refractivity contribution >= 4 is 22.7 Å². The summed E-state index contributed by atoms with van der Waals surface area (Å²) in [5.41, 5.74) is 8.95. The Morgan fingerprint density at radius 2 is 1.74 bits per heavy atom. The Balaban J connectivity index is 1.95. The maximum Gasteiger partial charge on any atom is 0.407 e. The molecule has 8 nitrogen and oxygen atoms in total. The molecule has 0 spiro atoms. The van der Waals surface area contributed by atoms with Gasteiger partial charge in [-0.25, -0.2) is 0 Å². The zero-order valence-electron chi connectivity index (χ0n) is 22.1. The van der Waals surface area contributed by atoms with Crippen LogP contribution < -0.4 is 21.6 Å². The summed E-state index contributed by atoms with van der Waals surface area (Å²) in [7, 11) is 3.17. The van der Waals surface area contributed by atoms with Crippen molar-refractivity contribution in [3.63, 3.8) is 0 Å². The highest BCUT2D eigenvalue weighted by Crippen LogP contribution is 2.38. The number of hydrogen-bond donors (Lipinski definition) is 2. The van der Waals surface area contributed by atoms with E-state index in [2.05, 4.69) is 9.98 Å². The number of hydrogen-bond acceptors (Lipinski definition) is 5. The average molecular weight is 540 g/mol. The van der Waals surface area contributed by atoms with Crippen LogP contribution in [0.1, 0.15) is 23.7 Å². The molecule has 0 amide bonds. The number of H-pyrrole nitrogens is 1. The largest absolute Gasteiger partial charge is 0.455 e. The summed E-state index contributed by atoms with van der Waals surface area (Å²) in [5, 5.41) is 0.440. The lowest BCUT2D eigenvalue weighted by atomic mass is 10.0. The van der Waals surface area contributed by atoms with Gasteiger partial charge in [-0.15, -0.1) is 0 Å². The summed E-state index contributed by atoms with van der Waals surface area (Å²) in [6, 6.07) is 8.77. The minimum Gasteiger partial charge on any atom is -0.455 e. The van der Waals surface area contributed by atoms with E-state index in [9.17, 15) is 22.8 Å². The summed E-state index contributed by atoms with van der Waals surface area (Å²) >= 11 is 0. The van der Waals surface area contributed by atoms with Gasteiger partial charge in [-0.1, -0.05) is 18.2 Å². The number of fused-ring (bicyclic) bond motifs is 1. The summed E-state index contributed by atoms with van der Waals surface area (Å²) in [6.07, 6.45) is -0.275. The molecule has 204 valence electrons. The number of benzene rings is 1. The van der Waals surface area contributed by atoms with E-state index in [-0.39, 0.29) is 27.9 Å². The number of nitrogens with zero attached hydrogens (tertiary/aromatic N) is 3. The van der Waals surface area contributed by atoms with Crippen molar-refractivity contribution in [3.05, 3.63) is 86.0 Å². The van der Waals surface area contributed by atoms with Gasteiger partial charge in [0.05, 0.1) is 6.20 Å². The van der Waals surface area contributed by atoms with Gasteiger partial charge in [0.15, 0.2) is 5.75 Å². The second-order valence-electron chi connectivity index (χ2n) is 9.44. The van der Waals surface area contributed by atoms with E-state index < -0.39 is 12.7 Å². The van der Waals surface area contributed by atoms with Crippen molar-refractivity contribution < 1.29 is 17.9 Å². The molecule has 1 aromatic carbocycles. The lowest BCUT2D eigenvalue weighted by Gasteiger charge is -2.17. The maximum atomic E-state index is 13.1. The Bertz CT molecular complexity index is 1730. The molecule has 0 fully saturated rings. The number of nitrogens with two attached hydrogens (primary N) is 1. The van der Waals surface area contributed by atoms with E-state index in [1.165, 1.54) is 22.1 Å². The number of aryl methyl sites for hydroxylation is 4. The number of ether oxygens (including phenoxy) is 1. The molecule has 0 atom stereocenters. The molecule has 3 heterocycles. The van der Waals surface area contributed by atoms with Gasteiger partial charge in [0, 0.05) is 66.1 Å². The van der Waals surface area contributed by atoms with Crippen LogP contribution in [0.3, 0.4) is 0 Å². The standard InChI is InChI=1S/C28H28F3N5O3/c1-15-7-6-8-16(2)26(15)39-23-13-35(4)24(37)10-18(23)21-12-36(5)27(38)25-19(21)9-22(34-25)20(17(3)32)11-33-14-28(29,30)31/h6-13,34H,14,32H2,1-5H3. The molecule has 0 saturated heterocycles. The molecule has 0 aliphatic heterocycles. The fourth-order valence-corrected chi connectivity index (χ4v) is 4.29. The van der Waals surface area contributed by atoms with Gasteiger partial charge in [0.25, 0.3) is 11.1 Å². The van der Waals surface area contributed by atoms with Crippen LogP contribution in [-0.2, 0) is 14.1 Å². The Kier molecular flexibility index (Phi) is 7.27. The molecule has 0 saturated carbocycles. The molecule has 4 rings (SSSR count). The van der Waals surface area contributed by atoms with Crippen molar-refractivity contribution in [1.29, 1.82) is 0 Å². The fourth-order valence-electron chi connectivity index (χ4n) is 4.29. The van der Waals surface area contributed by atoms with Crippen LogP contribution in [0.5, 0.6) is 11.5 Å². The number of pyridine rings is 2. The van der Waals surface area contributed by atoms with Crippen molar-refractivity contribution in [2.24, 2.45) is 24.8 Å². The monoisotopic (exact) mass is 539 g/mol. The molecule has 11 heteroatoms. The van der Waals surface area contributed by atoms with Crippen LogP contribution in [0.25, 0.3) is 27.6 Å². The average Bonchev–Trinajstić information content (AvgIpc) is 3.28. The van der Waals surface area contributed by atoms with E-state index in [0.717, 1.165) is 17.3 Å². The summed E-state index contributed by atoms with van der Waals surface area (Å²) in [5.74, 6) is 1.02. The topological polar surface area (TPSA) is 107 Å². The van der Waals surface area contributed by atoms with Crippen molar-refractivity contribution in [2.45, 2.75) is 26.9 Å². The van der Waals surface area contributed by atoms with Crippen molar-refractivity contribution in [1.82, 2.24) is 14.1 Å². The zero-order chi connectivity index (χ0) is 28.6. The normalized spacial score (nSPS) is 12.8.